The molecule has 0 radical (unpaired) electrons. The van der Waals surface area contributed by atoms with Gasteiger partial charge in [0.25, 0.3) is 0 Å². The van der Waals surface area contributed by atoms with E-state index in [-0.39, 0.29) is 24.8 Å². The van der Waals surface area contributed by atoms with Gasteiger partial charge in [0.2, 0.25) is 0 Å². The number of carbonyl (C=O) groups is 2. The predicted octanol–water partition coefficient (Wildman–Crippen LogP) is 1.79. The Morgan fingerprint density at radius 3 is 2.17 bits per heavy atom. The first-order valence-electron chi connectivity index (χ1n) is 5.45. The number of rotatable bonds is 6. The van der Waals surface area contributed by atoms with Gasteiger partial charge in [-0.15, -0.1) is 0 Å². The Morgan fingerprint density at radius 2 is 1.72 bits per heavy atom. The van der Waals surface area contributed by atoms with Gasteiger partial charge in [0.05, 0.1) is 6.07 Å². The van der Waals surface area contributed by atoms with E-state index in [0.717, 1.165) is 0 Å². The first-order valence-corrected chi connectivity index (χ1v) is 5.45. The van der Waals surface area contributed by atoms with Crippen molar-refractivity contribution in [3.8, 4) is 6.07 Å². The summed E-state index contributed by atoms with van der Waals surface area (Å²) in [6.07, 6.45) is 0.258. The summed E-state index contributed by atoms with van der Waals surface area (Å²) in [7, 11) is 0. The maximum Gasteiger partial charge on any atom is 0.325 e. The van der Waals surface area contributed by atoms with Crippen LogP contribution >= 0.6 is 0 Å². The molecule has 0 atom stereocenters. The second-order valence-electron chi connectivity index (χ2n) is 3.89. The van der Waals surface area contributed by atoms with Crippen LogP contribution in [0.25, 0.3) is 0 Å². The Bertz CT molecular complexity index is 462. The average Bonchev–Trinajstić information content (AvgIpc) is 2.35. The molecular formula is C13H13NO4. The lowest BCUT2D eigenvalue weighted by atomic mass is 9.76. The monoisotopic (exact) mass is 247 g/mol. The van der Waals surface area contributed by atoms with Gasteiger partial charge < -0.3 is 10.2 Å². The first-order chi connectivity index (χ1) is 8.55. The minimum atomic E-state index is -1.97. The molecule has 0 aliphatic heterocycles. The van der Waals surface area contributed by atoms with E-state index in [1.54, 1.807) is 18.2 Å². The summed E-state index contributed by atoms with van der Waals surface area (Å²) in [6.45, 7) is 0. The summed E-state index contributed by atoms with van der Waals surface area (Å²) in [6, 6.07) is 9.73. The number of carboxylic acid groups (broad SMARTS) is 2. The molecule has 0 saturated heterocycles. The second kappa shape index (κ2) is 5.82. The lowest BCUT2D eigenvalue weighted by Crippen LogP contribution is -2.43. The van der Waals surface area contributed by atoms with E-state index in [9.17, 15) is 19.8 Å². The number of unbranched alkanes of at least 4 members (excludes halogenated alkanes) is 1. The highest BCUT2D eigenvalue weighted by molar-refractivity contribution is 6.04. The Balaban J connectivity index is 3.19. The Morgan fingerprint density at radius 1 is 1.17 bits per heavy atom. The van der Waals surface area contributed by atoms with E-state index in [0.29, 0.717) is 0 Å². The van der Waals surface area contributed by atoms with Crippen molar-refractivity contribution in [2.24, 2.45) is 0 Å². The SMILES string of the molecule is N#CCCCC(C(=O)O)(C(=O)O)c1ccccc1. The van der Waals surface area contributed by atoms with Gasteiger partial charge in [-0.05, 0) is 18.4 Å². The van der Waals surface area contributed by atoms with Gasteiger partial charge in [-0.2, -0.15) is 5.26 Å². The maximum absolute atomic E-state index is 11.4. The van der Waals surface area contributed by atoms with Crippen LogP contribution in [0.2, 0.25) is 0 Å². The number of benzene rings is 1. The third-order valence-electron chi connectivity index (χ3n) is 2.84. The summed E-state index contributed by atoms with van der Waals surface area (Å²) < 4.78 is 0. The molecule has 2 N–H and O–H groups in total. The molecule has 1 aromatic rings. The molecule has 5 heteroatoms. The number of nitrogens with zero attached hydrogens (tertiary/aromatic N) is 1. The number of nitriles is 1. The number of hydrogen-bond donors (Lipinski definition) is 2. The summed E-state index contributed by atoms with van der Waals surface area (Å²) >= 11 is 0. The van der Waals surface area contributed by atoms with Crippen molar-refractivity contribution in [2.45, 2.75) is 24.7 Å². The van der Waals surface area contributed by atoms with Gasteiger partial charge >= 0.3 is 11.9 Å². The smallest absolute Gasteiger partial charge is 0.325 e. The molecule has 0 amide bonds. The molecule has 0 unspecified atom stereocenters. The van der Waals surface area contributed by atoms with E-state index in [1.807, 2.05) is 6.07 Å². The average molecular weight is 247 g/mol. The highest BCUT2D eigenvalue weighted by Gasteiger charge is 2.47. The summed E-state index contributed by atoms with van der Waals surface area (Å²) in [5.74, 6) is -2.81. The van der Waals surface area contributed by atoms with Crippen molar-refractivity contribution >= 4 is 11.9 Å². The van der Waals surface area contributed by atoms with Crippen LogP contribution in [0.1, 0.15) is 24.8 Å². The van der Waals surface area contributed by atoms with Gasteiger partial charge in [0.1, 0.15) is 0 Å². The Kier molecular flexibility index (Phi) is 4.44. The minimum Gasteiger partial charge on any atom is -0.480 e. The molecule has 18 heavy (non-hydrogen) atoms. The van der Waals surface area contributed by atoms with Crippen molar-refractivity contribution < 1.29 is 19.8 Å². The van der Waals surface area contributed by atoms with Crippen molar-refractivity contribution in [2.75, 3.05) is 0 Å². The molecule has 0 aromatic heterocycles. The third-order valence-corrected chi connectivity index (χ3v) is 2.84. The van der Waals surface area contributed by atoms with Crippen LogP contribution in [0.3, 0.4) is 0 Å². The fraction of sp³-hybridized carbons (Fsp3) is 0.308. The molecule has 0 saturated carbocycles. The largest absolute Gasteiger partial charge is 0.480 e. The second-order valence-corrected chi connectivity index (χ2v) is 3.89. The lowest BCUT2D eigenvalue weighted by Gasteiger charge is -2.24. The van der Waals surface area contributed by atoms with E-state index in [4.69, 9.17) is 5.26 Å². The van der Waals surface area contributed by atoms with E-state index < -0.39 is 17.4 Å². The Hall–Kier alpha value is -2.35. The van der Waals surface area contributed by atoms with Crippen LogP contribution < -0.4 is 0 Å². The molecule has 0 spiro atoms. The van der Waals surface area contributed by atoms with Gasteiger partial charge in [0.15, 0.2) is 5.41 Å². The van der Waals surface area contributed by atoms with Crippen LogP contribution in [0.5, 0.6) is 0 Å². The number of aliphatic carboxylic acids is 2. The van der Waals surface area contributed by atoms with Crippen LogP contribution in [0.4, 0.5) is 0 Å². The Labute approximate surface area is 104 Å². The normalized spacial score (nSPS) is 10.6. The summed E-state index contributed by atoms with van der Waals surface area (Å²) in [5, 5.41) is 27.0. The quantitative estimate of drug-likeness (QED) is 0.589. The maximum atomic E-state index is 11.4. The zero-order valence-electron chi connectivity index (χ0n) is 9.67. The van der Waals surface area contributed by atoms with E-state index in [2.05, 4.69) is 0 Å². The molecule has 0 bridgehead atoms. The van der Waals surface area contributed by atoms with Crippen molar-refractivity contribution in [3.63, 3.8) is 0 Å². The molecule has 94 valence electrons. The van der Waals surface area contributed by atoms with Crippen LogP contribution in [-0.2, 0) is 15.0 Å². The summed E-state index contributed by atoms with van der Waals surface area (Å²) in [4.78, 5) is 22.8. The van der Waals surface area contributed by atoms with Gasteiger partial charge in [-0.1, -0.05) is 30.3 Å². The van der Waals surface area contributed by atoms with Crippen LogP contribution in [0.15, 0.2) is 30.3 Å². The number of hydrogen-bond acceptors (Lipinski definition) is 3. The molecule has 0 fully saturated rings. The van der Waals surface area contributed by atoms with Crippen LogP contribution in [0, 0.1) is 11.3 Å². The highest BCUT2D eigenvalue weighted by atomic mass is 16.4. The minimum absolute atomic E-state index is 0.102. The molecule has 1 rings (SSSR count). The molecule has 1 aromatic carbocycles. The van der Waals surface area contributed by atoms with Gasteiger partial charge in [-0.25, -0.2) is 0 Å². The van der Waals surface area contributed by atoms with Gasteiger partial charge in [0, 0.05) is 6.42 Å². The fourth-order valence-corrected chi connectivity index (χ4v) is 1.85. The molecular weight excluding hydrogens is 234 g/mol. The molecule has 0 heterocycles. The van der Waals surface area contributed by atoms with Gasteiger partial charge in [-0.3, -0.25) is 9.59 Å². The lowest BCUT2D eigenvalue weighted by molar-refractivity contribution is -0.158. The molecule has 0 aliphatic carbocycles. The third kappa shape index (κ3) is 2.48. The summed E-state index contributed by atoms with van der Waals surface area (Å²) in [5.41, 5.74) is -1.75. The van der Waals surface area contributed by atoms with Crippen molar-refractivity contribution in [1.82, 2.24) is 0 Å². The van der Waals surface area contributed by atoms with E-state index >= 15 is 0 Å². The van der Waals surface area contributed by atoms with E-state index in [1.165, 1.54) is 12.1 Å². The van der Waals surface area contributed by atoms with Crippen molar-refractivity contribution in [3.05, 3.63) is 35.9 Å². The molecule has 0 aliphatic rings. The van der Waals surface area contributed by atoms with Crippen molar-refractivity contribution in [1.29, 1.82) is 5.26 Å². The standard InChI is InChI=1S/C13H13NO4/c14-9-5-4-8-13(11(15)16,12(17)18)10-6-2-1-3-7-10/h1-3,6-7H,4-5,8H2,(H,15,16)(H,17,18). The zero-order valence-corrected chi connectivity index (χ0v) is 9.67. The first kappa shape index (κ1) is 13.7. The fourth-order valence-electron chi connectivity index (χ4n) is 1.85. The zero-order chi connectivity index (χ0) is 13.6. The number of carboxylic acids is 2. The topological polar surface area (TPSA) is 98.4 Å². The van der Waals surface area contributed by atoms with Crippen LogP contribution in [-0.4, -0.2) is 22.2 Å². The highest BCUT2D eigenvalue weighted by Crippen LogP contribution is 2.31. The molecule has 5 nitrogen and oxygen atoms in total. The predicted molar refractivity (Wildman–Crippen MR) is 62.9 cm³/mol.